The van der Waals surface area contributed by atoms with E-state index in [0.717, 1.165) is 42.8 Å². The normalized spacial score (nSPS) is 26.3. The summed E-state index contributed by atoms with van der Waals surface area (Å²) < 4.78 is 28.9. The number of fused-ring (bicyclic) bond motifs is 2. The Hall–Kier alpha value is -2.93. The zero-order valence-corrected chi connectivity index (χ0v) is 18.8. The fraction of sp³-hybridized carbons (Fsp3) is 0.480. The van der Waals surface area contributed by atoms with Crippen molar-refractivity contribution in [2.75, 3.05) is 33.6 Å². The van der Waals surface area contributed by atoms with Crippen LogP contribution in [0.15, 0.2) is 36.4 Å². The van der Waals surface area contributed by atoms with E-state index in [1.165, 1.54) is 0 Å². The Morgan fingerprint density at radius 1 is 1.09 bits per heavy atom. The summed E-state index contributed by atoms with van der Waals surface area (Å²) in [5.74, 6) is 1.72. The molecule has 0 amide bonds. The average Bonchev–Trinajstić information content (AvgIpc) is 3.49. The Bertz CT molecular complexity index is 1000. The molecule has 0 aromatic heterocycles. The third-order valence-corrected chi connectivity index (χ3v) is 6.82. The lowest BCUT2D eigenvalue weighted by Gasteiger charge is -2.49. The van der Waals surface area contributed by atoms with Crippen LogP contribution in [0, 0.1) is 5.92 Å². The van der Waals surface area contributed by atoms with Gasteiger partial charge in [0.15, 0.2) is 17.2 Å². The van der Waals surface area contributed by atoms with Gasteiger partial charge in [-0.25, -0.2) is 0 Å². The molecular weight excluding hydrogens is 410 g/mol. The molecule has 2 aromatic rings. The highest BCUT2D eigenvalue weighted by Crippen LogP contribution is 2.53. The van der Waals surface area contributed by atoms with E-state index in [0.29, 0.717) is 23.9 Å². The van der Waals surface area contributed by atoms with Gasteiger partial charge in [0.1, 0.15) is 17.4 Å². The first kappa shape index (κ1) is 20.9. The zero-order chi connectivity index (χ0) is 22.3. The first-order valence-corrected chi connectivity index (χ1v) is 11.2. The maximum atomic E-state index is 13.5. The molecule has 0 unspecified atom stereocenters. The number of nitrogens with zero attached hydrogens (tertiary/aromatic N) is 1. The largest absolute Gasteiger partial charge is 0.497 e. The van der Waals surface area contributed by atoms with E-state index in [4.69, 9.17) is 23.7 Å². The lowest BCUT2D eigenvalue weighted by atomic mass is 9.72. The lowest BCUT2D eigenvalue weighted by molar-refractivity contribution is -0.174. The number of esters is 1. The molecule has 1 saturated heterocycles. The van der Waals surface area contributed by atoms with E-state index in [2.05, 4.69) is 4.90 Å². The summed E-state index contributed by atoms with van der Waals surface area (Å²) in [5.41, 5.74) is 1.04. The van der Waals surface area contributed by atoms with Crippen LogP contribution in [0.1, 0.15) is 43.7 Å². The topological polar surface area (TPSA) is 66.5 Å². The smallest absolute Gasteiger partial charge is 0.315 e. The summed E-state index contributed by atoms with van der Waals surface area (Å²) in [4.78, 5) is 15.8. The van der Waals surface area contributed by atoms with Crippen LogP contribution in [0.3, 0.4) is 0 Å². The van der Waals surface area contributed by atoms with Crippen molar-refractivity contribution in [2.24, 2.45) is 5.92 Å². The maximum absolute atomic E-state index is 13.5. The van der Waals surface area contributed by atoms with E-state index in [9.17, 15) is 4.79 Å². The number of carbonyl (C=O) groups excluding carboxylic acids is 1. The molecule has 0 bridgehead atoms. The minimum atomic E-state index is -0.853. The van der Waals surface area contributed by atoms with E-state index < -0.39 is 11.6 Å². The lowest BCUT2D eigenvalue weighted by Crippen LogP contribution is -2.61. The molecular formula is C25H29NO6. The third-order valence-electron chi connectivity index (χ3n) is 6.82. The Morgan fingerprint density at radius 3 is 2.44 bits per heavy atom. The monoisotopic (exact) mass is 439 g/mol. The van der Waals surface area contributed by atoms with Gasteiger partial charge < -0.3 is 23.7 Å². The van der Waals surface area contributed by atoms with E-state index in [-0.39, 0.29) is 18.7 Å². The number of carbonyl (C=O) groups is 1. The van der Waals surface area contributed by atoms with Crippen LogP contribution < -0.4 is 18.9 Å². The van der Waals surface area contributed by atoms with Crippen LogP contribution in [-0.4, -0.2) is 50.2 Å². The van der Waals surface area contributed by atoms with Gasteiger partial charge in [-0.2, -0.15) is 0 Å². The molecule has 32 heavy (non-hydrogen) atoms. The molecule has 170 valence electrons. The molecule has 5 rings (SSSR count). The molecule has 0 radical (unpaired) electrons. The van der Waals surface area contributed by atoms with E-state index in [1.807, 2.05) is 50.2 Å². The number of benzene rings is 2. The molecule has 0 saturated carbocycles. The Balaban J connectivity index is 1.70. The number of hydrogen-bond acceptors (Lipinski definition) is 7. The highest BCUT2D eigenvalue weighted by Gasteiger charge is 2.56. The molecule has 0 aliphatic carbocycles. The van der Waals surface area contributed by atoms with Crippen molar-refractivity contribution in [3.05, 3.63) is 47.5 Å². The van der Waals surface area contributed by atoms with E-state index in [1.54, 1.807) is 7.11 Å². The van der Waals surface area contributed by atoms with Crippen LogP contribution in [0.4, 0.5) is 0 Å². The number of likely N-dealkylation sites (tertiary alicyclic amines) is 1. The van der Waals surface area contributed by atoms with Gasteiger partial charge in [-0.3, -0.25) is 9.69 Å². The van der Waals surface area contributed by atoms with Crippen LogP contribution in [-0.2, 0) is 9.53 Å². The molecule has 1 fully saturated rings. The Labute approximate surface area is 188 Å². The number of hydrogen-bond donors (Lipinski definition) is 0. The Morgan fingerprint density at radius 2 is 1.78 bits per heavy atom. The van der Waals surface area contributed by atoms with Crippen molar-refractivity contribution >= 4 is 5.97 Å². The van der Waals surface area contributed by atoms with Gasteiger partial charge in [0.25, 0.3) is 0 Å². The minimum absolute atomic E-state index is 0.177. The fourth-order valence-corrected chi connectivity index (χ4v) is 5.24. The highest BCUT2D eigenvalue weighted by atomic mass is 16.7. The summed E-state index contributed by atoms with van der Waals surface area (Å²) in [6, 6.07) is 11.7. The van der Waals surface area contributed by atoms with Crippen molar-refractivity contribution in [1.82, 2.24) is 4.90 Å². The van der Waals surface area contributed by atoms with Gasteiger partial charge >= 0.3 is 5.97 Å². The predicted octanol–water partition coefficient (Wildman–Crippen LogP) is 3.94. The van der Waals surface area contributed by atoms with Crippen LogP contribution in [0.25, 0.3) is 0 Å². The highest BCUT2D eigenvalue weighted by molar-refractivity contribution is 5.78. The molecule has 7 nitrogen and oxygen atoms in total. The van der Waals surface area contributed by atoms with Gasteiger partial charge in [-0.05, 0) is 50.5 Å². The molecule has 2 aromatic carbocycles. The van der Waals surface area contributed by atoms with Gasteiger partial charge in [-0.1, -0.05) is 12.1 Å². The third kappa shape index (κ3) is 3.35. The fourth-order valence-electron chi connectivity index (χ4n) is 5.24. The quantitative estimate of drug-likeness (QED) is 0.654. The molecule has 0 spiro atoms. The SMILES string of the molecule is CCOC(=O)[C@@H]1[C@@H](c2ccc(OC)cc2)c2cc3c(cc2O[C@@]1(C)N1CCCC1)OCO3. The molecule has 7 heteroatoms. The zero-order valence-electron chi connectivity index (χ0n) is 18.8. The standard InChI is InChI=1S/C25H29NO6/c1-4-29-24(27)23-22(16-7-9-17(28-3)10-8-16)18-13-20-21(31-15-30-20)14-19(18)32-25(23,2)26-11-5-6-12-26/h7-10,13-14,22-23H,4-6,11-12,15H2,1-3H3/t22-,23-,25+/m0/s1. The summed E-state index contributed by atoms with van der Waals surface area (Å²) in [7, 11) is 1.64. The van der Waals surface area contributed by atoms with Crippen LogP contribution in [0.2, 0.25) is 0 Å². The van der Waals surface area contributed by atoms with Gasteiger partial charge in [0.2, 0.25) is 6.79 Å². The van der Waals surface area contributed by atoms with Crippen LogP contribution >= 0.6 is 0 Å². The summed E-state index contributed by atoms with van der Waals surface area (Å²) in [5, 5.41) is 0. The molecule has 3 atom stereocenters. The van der Waals surface area contributed by atoms with E-state index >= 15 is 0 Å². The summed E-state index contributed by atoms with van der Waals surface area (Å²) in [6.45, 7) is 6.10. The number of rotatable bonds is 5. The first-order valence-electron chi connectivity index (χ1n) is 11.2. The minimum Gasteiger partial charge on any atom is -0.497 e. The Kier molecular flexibility index (Phi) is 5.37. The van der Waals surface area contributed by atoms with Crippen molar-refractivity contribution in [2.45, 2.75) is 38.3 Å². The molecule has 3 aliphatic heterocycles. The second kappa shape index (κ2) is 8.20. The van der Waals surface area contributed by atoms with Crippen molar-refractivity contribution in [3.63, 3.8) is 0 Å². The molecule has 0 N–H and O–H groups in total. The first-order chi connectivity index (χ1) is 15.5. The second-order valence-corrected chi connectivity index (χ2v) is 8.57. The molecule has 3 heterocycles. The number of ether oxygens (including phenoxy) is 5. The summed E-state index contributed by atoms with van der Waals surface area (Å²) >= 11 is 0. The van der Waals surface area contributed by atoms with Crippen molar-refractivity contribution in [1.29, 1.82) is 0 Å². The average molecular weight is 440 g/mol. The van der Waals surface area contributed by atoms with Gasteiger partial charge in [-0.15, -0.1) is 0 Å². The predicted molar refractivity (Wildman–Crippen MR) is 117 cm³/mol. The van der Waals surface area contributed by atoms with Crippen LogP contribution in [0.5, 0.6) is 23.0 Å². The summed E-state index contributed by atoms with van der Waals surface area (Å²) in [6.07, 6.45) is 2.16. The maximum Gasteiger partial charge on any atom is 0.315 e. The molecule has 3 aliphatic rings. The number of methoxy groups -OCH3 is 1. The van der Waals surface area contributed by atoms with Gasteiger partial charge in [0, 0.05) is 30.6 Å². The van der Waals surface area contributed by atoms with Crippen molar-refractivity contribution < 1.29 is 28.5 Å². The van der Waals surface area contributed by atoms with Crippen molar-refractivity contribution in [3.8, 4) is 23.0 Å². The van der Waals surface area contributed by atoms with Gasteiger partial charge in [0.05, 0.1) is 13.7 Å². The second-order valence-electron chi connectivity index (χ2n) is 8.57.